The van der Waals surface area contributed by atoms with Gasteiger partial charge in [-0.1, -0.05) is 0 Å². The molecule has 4 heterocycles. The third kappa shape index (κ3) is 3.58. The van der Waals surface area contributed by atoms with Gasteiger partial charge in [-0.15, -0.1) is 0 Å². The summed E-state index contributed by atoms with van der Waals surface area (Å²) >= 11 is 0. The van der Waals surface area contributed by atoms with Crippen LogP contribution in [-0.2, 0) is 23.1 Å². The number of H-pyrrole nitrogens is 1. The van der Waals surface area contributed by atoms with Gasteiger partial charge in [-0.05, 0) is 50.4 Å². The molecular formula is C22H29N5O3. The maximum Gasteiger partial charge on any atom is 0.255 e. The predicted molar refractivity (Wildman–Crippen MR) is 113 cm³/mol. The summed E-state index contributed by atoms with van der Waals surface area (Å²) < 4.78 is 10.7. The van der Waals surface area contributed by atoms with Crippen LogP contribution in [0.5, 0.6) is 5.88 Å². The van der Waals surface area contributed by atoms with E-state index in [9.17, 15) is 4.79 Å². The van der Waals surface area contributed by atoms with Crippen molar-refractivity contribution in [3.8, 4) is 5.88 Å². The van der Waals surface area contributed by atoms with Gasteiger partial charge in [0.25, 0.3) is 5.56 Å². The van der Waals surface area contributed by atoms with Crippen molar-refractivity contribution < 1.29 is 9.47 Å². The van der Waals surface area contributed by atoms with Gasteiger partial charge in [0.2, 0.25) is 11.8 Å². The molecule has 2 aromatic rings. The zero-order chi connectivity index (χ0) is 20.6. The summed E-state index contributed by atoms with van der Waals surface area (Å²) in [5, 5.41) is 0. The molecule has 1 N–H and O–H groups in total. The summed E-state index contributed by atoms with van der Waals surface area (Å²) in [5.74, 6) is 1.37. The van der Waals surface area contributed by atoms with Crippen LogP contribution in [0.25, 0.3) is 0 Å². The molecule has 8 nitrogen and oxygen atoms in total. The van der Waals surface area contributed by atoms with Gasteiger partial charge >= 0.3 is 0 Å². The third-order valence-electron chi connectivity index (χ3n) is 6.90. The van der Waals surface area contributed by atoms with E-state index in [0.717, 1.165) is 75.6 Å². The topological polar surface area (TPSA) is 83.6 Å². The molecule has 0 radical (unpaired) electrons. The Morgan fingerprint density at radius 1 is 1.20 bits per heavy atom. The Morgan fingerprint density at radius 3 is 2.77 bits per heavy atom. The molecule has 2 saturated heterocycles. The normalized spacial score (nSPS) is 21.0. The van der Waals surface area contributed by atoms with Gasteiger partial charge in [0.15, 0.2) is 0 Å². The van der Waals surface area contributed by atoms with Gasteiger partial charge in [0, 0.05) is 42.9 Å². The van der Waals surface area contributed by atoms with Crippen LogP contribution in [0.3, 0.4) is 0 Å². The fraction of sp³-hybridized carbons (Fsp3) is 0.591. The number of anilines is 1. The molecule has 8 heteroatoms. The lowest BCUT2D eigenvalue weighted by Gasteiger charge is -2.39. The summed E-state index contributed by atoms with van der Waals surface area (Å²) in [6.07, 6.45) is 5.75. The number of aromatic nitrogens is 3. The van der Waals surface area contributed by atoms with Gasteiger partial charge in [0.05, 0.1) is 26.0 Å². The van der Waals surface area contributed by atoms with Crippen molar-refractivity contribution in [3.05, 3.63) is 45.5 Å². The van der Waals surface area contributed by atoms with E-state index in [4.69, 9.17) is 14.5 Å². The number of rotatable bonds is 4. The van der Waals surface area contributed by atoms with Crippen molar-refractivity contribution in [2.45, 2.75) is 37.6 Å². The molecule has 160 valence electrons. The molecular weight excluding hydrogens is 382 g/mol. The van der Waals surface area contributed by atoms with Crippen LogP contribution in [0.2, 0.25) is 0 Å². The van der Waals surface area contributed by atoms with Gasteiger partial charge in [-0.3, -0.25) is 14.7 Å². The molecule has 1 aliphatic carbocycles. The molecule has 2 aromatic heterocycles. The number of nitrogens with one attached hydrogen (secondary N) is 1. The Kier molecular flexibility index (Phi) is 5.20. The highest BCUT2D eigenvalue weighted by atomic mass is 16.5. The van der Waals surface area contributed by atoms with Crippen LogP contribution in [0.15, 0.2) is 23.1 Å². The molecule has 1 spiro atoms. The number of fused-ring (bicyclic) bond motifs is 2. The molecule has 0 unspecified atom stereocenters. The van der Waals surface area contributed by atoms with Gasteiger partial charge in [-0.2, -0.15) is 0 Å². The molecule has 2 fully saturated rings. The van der Waals surface area contributed by atoms with Crippen LogP contribution < -0.4 is 15.2 Å². The minimum atomic E-state index is 0.0388. The van der Waals surface area contributed by atoms with E-state index in [0.29, 0.717) is 19.1 Å². The first-order valence-corrected chi connectivity index (χ1v) is 10.8. The Balaban J connectivity index is 1.33. The van der Waals surface area contributed by atoms with Crippen LogP contribution in [0, 0.1) is 0 Å². The highest BCUT2D eigenvalue weighted by Crippen LogP contribution is 2.44. The molecule has 0 saturated carbocycles. The lowest BCUT2D eigenvalue weighted by Crippen LogP contribution is -2.43. The van der Waals surface area contributed by atoms with Gasteiger partial charge in [-0.25, -0.2) is 9.97 Å². The SMILES string of the molecule is COc1cc(CN2CCC3(CCc4c3nc(N3CCOCC3)[nH]c4=O)CC2)ccn1. The smallest absolute Gasteiger partial charge is 0.255 e. The van der Waals surface area contributed by atoms with Crippen molar-refractivity contribution in [2.24, 2.45) is 0 Å². The summed E-state index contributed by atoms with van der Waals surface area (Å²) in [6, 6.07) is 4.05. The number of pyridine rings is 1. The Morgan fingerprint density at radius 2 is 2.00 bits per heavy atom. The number of piperidine rings is 1. The standard InChI is InChI=1S/C22H29N5O3/c1-29-18-14-16(3-7-23-18)15-26-8-5-22(6-9-26)4-2-17-19(22)24-21(25-20(17)28)27-10-12-30-13-11-27/h3,7,14H,2,4-6,8-13,15H2,1H3,(H,24,25,28). The Hall–Kier alpha value is -2.45. The summed E-state index contributed by atoms with van der Waals surface area (Å²) in [5.41, 5.74) is 3.26. The molecule has 0 atom stereocenters. The Labute approximate surface area is 176 Å². The Bertz CT molecular complexity index is 961. The maximum absolute atomic E-state index is 12.8. The van der Waals surface area contributed by atoms with Crippen molar-refractivity contribution in [1.82, 2.24) is 19.9 Å². The molecule has 2 aliphatic heterocycles. The number of hydrogen-bond acceptors (Lipinski definition) is 7. The van der Waals surface area contributed by atoms with E-state index in [1.54, 1.807) is 13.3 Å². The molecule has 0 amide bonds. The van der Waals surface area contributed by atoms with Gasteiger partial charge in [0.1, 0.15) is 0 Å². The fourth-order valence-electron chi connectivity index (χ4n) is 5.11. The zero-order valence-corrected chi connectivity index (χ0v) is 17.5. The van der Waals surface area contributed by atoms with E-state index in [1.165, 1.54) is 5.56 Å². The lowest BCUT2D eigenvalue weighted by atomic mass is 9.76. The molecule has 5 rings (SSSR count). The first kappa shape index (κ1) is 19.5. The van der Waals surface area contributed by atoms with Crippen molar-refractivity contribution in [2.75, 3.05) is 51.4 Å². The number of hydrogen-bond donors (Lipinski definition) is 1. The second-order valence-corrected chi connectivity index (χ2v) is 8.58. The third-order valence-corrected chi connectivity index (χ3v) is 6.90. The fourth-order valence-corrected chi connectivity index (χ4v) is 5.11. The second kappa shape index (κ2) is 8.00. The van der Waals surface area contributed by atoms with Crippen LogP contribution in [0.4, 0.5) is 5.95 Å². The first-order valence-electron chi connectivity index (χ1n) is 10.8. The summed E-state index contributed by atoms with van der Waals surface area (Å²) in [7, 11) is 1.65. The number of likely N-dealkylation sites (tertiary alicyclic amines) is 1. The van der Waals surface area contributed by atoms with Crippen molar-refractivity contribution >= 4 is 5.95 Å². The van der Waals surface area contributed by atoms with Gasteiger partial charge < -0.3 is 14.4 Å². The van der Waals surface area contributed by atoms with Crippen LogP contribution in [-0.4, -0.2) is 66.4 Å². The molecule has 30 heavy (non-hydrogen) atoms. The van der Waals surface area contributed by atoms with E-state index in [-0.39, 0.29) is 11.0 Å². The minimum absolute atomic E-state index is 0.0388. The van der Waals surface area contributed by atoms with E-state index in [1.807, 2.05) is 12.1 Å². The monoisotopic (exact) mass is 411 g/mol. The molecule has 0 aromatic carbocycles. The number of ether oxygens (including phenoxy) is 2. The summed E-state index contributed by atoms with van der Waals surface area (Å²) in [6.45, 7) is 5.82. The number of morpholine rings is 1. The largest absolute Gasteiger partial charge is 0.481 e. The van der Waals surface area contributed by atoms with E-state index >= 15 is 0 Å². The minimum Gasteiger partial charge on any atom is -0.481 e. The maximum atomic E-state index is 12.8. The van der Waals surface area contributed by atoms with Crippen molar-refractivity contribution in [1.29, 1.82) is 0 Å². The van der Waals surface area contributed by atoms with E-state index < -0.39 is 0 Å². The second-order valence-electron chi connectivity index (χ2n) is 8.58. The number of aromatic amines is 1. The van der Waals surface area contributed by atoms with Crippen molar-refractivity contribution in [3.63, 3.8) is 0 Å². The molecule has 0 bridgehead atoms. The first-order chi connectivity index (χ1) is 14.7. The number of nitrogens with zero attached hydrogens (tertiary/aromatic N) is 4. The predicted octanol–water partition coefficient (Wildman–Crippen LogP) is 1.49. The molecule has 3 aliphatic rings. The highest BCUT2D eigenvalue weighted by Gasteiger charge is 2.44. The van der Waals surface area contributed by atoms with E-state index in [2.05, 4.69) is 19.8 Å². The van der Waals surface area contributed by atoms with Crippen LogP contribution in [0.1, 0.15) is 36.1 Å². The average molecular weight is 412 g/mol. The van der Waals surface area contributed by atoms with Crippen LogP contribution >= 0.6 is 0 Å². The summed E-state index contributed by atoms with van der Waals surface area (Å²) in [4.78, 5) is 29.6. The zero-order valence-electron chi connectivity index (χ0n) is 17.5. The highest BCUT2D eigenvalue weighted by molar-refractivity contribution is 5.40. The number of methoxy groups -OCH3 is 1. The quantitative estimate of drug-likeness (QED) is 0.816. The average Bonchev–Trinajstić information content (AvgIpc) is 3.15. The lowest BCUT2D eigenvalue weighted by molar-refractivity contribution is 0.122.